The molecule has 0 spiro atoms. The molecule has 0 heterocycles. The number of rotatable bonds is 6. The SMILES string of the molecule is CCNC(=O)c1cccc(NC(=O)c2cccc(OC)c2OC)c1. The van der Waals surface area contributed by atoms with E-state index in [0.717, 1.165) is 0 Å². The Morgan fingerprint density at radius 2 is 1.75 bits per heavy atom. The van der Waals surface area contributed by atoms with E-state index in [1.54, 1.807) is 42.5 Å². The van der Waals surface area contributed by atoms with E-state index in [0.29, 0.717) is 34.9 Å². The average Bonchev–Trinajstić information content (AvgIpc) is 2.61. The first kappa shape index (κ1) is 17.3. The molecule has 2 aromatic rings. The van der Waals surface area contributed by atoms with Gasteiger partial charge in [0.2, 0.25) is 0 Å². The Morgan fingerprint density at radius 1 is 1.00 bits per heavy atom. The molecule has 0 saturated heterocycles. The summed E-state index contributed by atoms with van der Waals surface area (Å²) in [4.78, 5) is 24.4. The fourth-order valence-electron chi connectivity index (χ4n) is 2.27. The number of para-hydroxylation sites is 1. The highest BCUT2D eigenvalue weighted by atomic mass is 16.5. The van der Waals surface area contributed by atoms with E-state index in [9.17, 15) is 9.59 Å². The Morgan fingerprint density at radius 3 is 2.42 bits per heavy atom. The molecule has 2 aromatic carbocycles. The second-order valence-electron chi connectivity index (χ2n) is 4.94. The van der Waals surface area contributed by atoms with Gasteiger partial charge in [-0.1, -0.05) is 12.1 Å². The number of nitrogens with one attached hydrogen (secondary N) is 2. The maximum Gasteiger partial charge on any atom is 0.259 e. The number of carbonyl (C=O) groups excluding carboxylic acids is 2. The number of anilines is 1. The molecule has 0 aliphatic carbocycles. The summed E-state index contributed by atoms with van der Waals surface area (Å²) in [5, 5.41) is 5.49. The van der Waals surface area contributed by atoms with Gasteiger partial charge < -0.3 is 20.1 Å². The van der Waals surface area contributed by atoms with E-state index in [1.807, 2.05) is 6.92 Å². The lowest BCUT2D eigenvalue weighted by Crippen LogP contribution is -2.22. The molecule has 0 radical (unpaired) electrons. The smallest absolute Gasteiger partial charge is 0.259 e. The Hall–Kier alpha value is -3.02. The monoisotopic (exact) mass is 328 g/mol. The van der Waals surface area contributed by atoms with Crippen LogP contribution >= 0.6 is 0 Å². The topological polar surface area (TPSA) is 76.7 Å². The predicted molar refractivity (Wildman–Crippen MR) is 91.9 cm³/mol. The van der Waals surface area contributed by atoms with Crippen molar-refractivity contribution in [3.05, 3.63) is 53.6 Å². The van der Waals surface area contributed by atoms with Crippen molar-refractivity contribution in [3.63, 3.8) is 0 Å². The van der Waals surface area contributed by atoms with Crippen molar-refractivity contribution >= 4 is 17.5 Å². The van der Waals surface area contributed by atoms with Crippen molar-refractivity contribution in [2.45, 2.75) is 6.92 Å². The number of amides is 2. The van der Waals surface area contributed by atoms with Gasteiger partial charge in [0, 0.05) is 17.8 Å². The zero-order valence-corrected chi connectivity index (χ0v) is 13.9. The number of carbonyl (C=O) groups is 2. The first-order valence-corrected chi connectivity index (χ1v) is 7.51. The highest BCUT2D eigenvalue weighted by Crippen LogP contribution is 2.31. The molecule has 126 valence electrons. The maximum absolute atomic E-state index is 12.5. The number of benzene rings is 2. The van der Waals surface area contributed by atoms with Crippen molar-refractivity contribution < 1.29 is 19.1 Å². The molecular weight excluding hydrogens is 308 g/mol. The van der Waals surface area contributed by atoms with Crippen LogP contribution in [0.1, 0.15) is 27.6 Å². The minimum Gasteiger partial charge on any atom is -0.493 e. The summed E-state index contributed by atoms with van der Waals surface area (Å²) in [6.45, 7) is 2.38. The van der Waals surface area contributed by atoms with Gasteiger partial charge in [-0.3, -0.25) is 9.59 Å². The van der Waals surface area contributed by atoms with Gasteiger partial charge in [0.15, 0.2) is 11.5 Å². The van der Waals surface area contributed by atoms with E-state index in [4.69, 9.17) is 9.47 Å². The second-order valence-corrected chi connectivity index (χ2v) is 4.94. The molecule has 6 heteroatoms. The lowest BCUT2D eigenvalue weighted by molar-refractivity contribution is 0.0954. The third-order valence-corrected chi connectivity index (χ3v) is 3.37. The summed E-state index contributed by atoms with van der Waals surface area (Å²) in [5.74, 6) is 0.296. The summed E-state index contributed by atoms with van der Waals surface area (Å²) >= 11 is 0. The molecule has 2 N–H and O–H groups in total. The summed E-state index contributed by atoms with van der Waals surface area (Å²) < 4.78 is 10.5. The second kappa shape index (κ2) is 8.01. The molecule has 0 aromatic heterocycles. The average molecular weight is 328 g/mol. The largest absolute Gasteiger partial charge is 0.493 e. The summed E-state index contributed by atoms with van der Waals surface area (Å²) in [5.41, 5.74) is 1.35. The Labute approximate surface area is 140 Å². The zero-order valence-electron chi connectivity index (χ0n) is 13.9. The van der Waals surface area contributed by atoms with Crippen molar-refractivity contribution in [3.8, 4) is 11.5 Å². The molecule has 0 bridgehead atoms. The van der Waals surface area contributed by atoms with Crippen LogP contribution in [0.15, 0.2) is 42.5 Å². The van der Waals surface area contributed by atoms with Crippen LogP contribution in [-0.4, -0.2) is 32.6 Å². The molecule has 0 unspecified atom stereocenters. The molecule has 0 fully saturated rings. The minimum absolute atomic E-state index is 0.187. The number of hydrogen-bond acceptors (Lipinski definition) is 4. The van der Waals surface area contributed by atoms with E-state index >= 15 is 0 Å². The minimum atomic E-state index is -0.348. The highest BCUT2D eigenvalue weighted by Gasteiger charge is 2.16. The zero-order chi connectivity index (χ0) is 17.5. The summed E-state index contributed by atoms with van der Waals surface area (Å²) in [7, 11) is 2.99. The molecule has 0 saturated carbocycles. The van der Waals surface area contributed by atoms with Gasteiger partial charge in [0.05, 0.1) is 19.8 Å². The number of methoxy groups -OCH3 is 2. The summed E-state index contributed by atoms with van der Waals surface area (Å²) in [6, 6.07) is 11.8. The fourth-order valence-corrected chi connectivity index (χ4v) is 2.27. The van der Waals surface area contributed by atoms with E-state index in [2.05, 4.69) is 10.6 Å². The lowest BCUT2D eigenvalue weighted by Gasteiger charge is -2.13. The standard InChI is InChI=1S/C18H20N2O4/c1-4-19-17(21)12-7-5-8-13(11-12)20-18(22)14-9-6-10-15(23-2)16(14)24-3/h5-11H,4H2,1-3H3,(H,19,21)(H,20,22). The van der Waals surface area contributed by atoms with Crippen LogP contribution in [0.4, 0.5) is 5.69 Å². The van der Waals surface area contributed by atoms with Crippen LogP contribution in [0.5, 0.6) is 11.5 Å². The van der Waals surface area contributed by atoms with Gasteiger partial charge in [-0.25, -0.2) is 0 Å². The molecule has 0 aliphatic heterocycles. The van der Waals surface area contributed by atoms with Crippen LogP contribution in [0.3, 0.4) is 0 Å². The molecule has 24 heavy (non-hydrogen) atoms. The third-order valence-electron chi connectivity index (χ3n) is 3.37. The van der Waals surface area contributed by atoms with Crippen molar-refractivity contribution in [1.82, 2.24) is 5.32 Å². The van der Waals surface area contributed by atoms with E-state index < -0.39 is 0 Å². The quantitative estimate of drug-likeness (QED) is 0.855. The van der Waals surface area contributed by atoms with Gasteiger partial charge in [-0.15, -0.1) is 0 Å². The molecule has 0 atom stereocenters. The Balaban J connectivity index is 2.24. The maximum atomic E-state index is 12.5. The first-order valence-electron chi connectivity index (χ1n) is 7.51. The molecule has 6 nitrogen and oxygen atoms in total. The Kier molecular flexibility index (Phi) is 5.78. The van der Waals surface area contributed by atoms with Crippen molar-refractivity contribution in [2.24, 2.45) is 0 Å². The van der Waals surface area contributed by atoms with Crippen LogP contribution in [0, 0.1) is 0 Å². The number of hydrogen-bond donors (Lipinski definition) is 2. The van der Waals surface area contributed by atoms with Crippen molar-refractivity contribution in [1.29, 1.82) is 0 Å². The van der Waals surface area contributed by atoms with Gasteiger partial charge in [0.1, 0.15) is 0 Å². The van der Waals surface area contributed by atoms with Gasteiger partial charge in [0.25, 0.3) is 11.8 Å². The third kappa shape index (κ3) is 3.84. The van der Waals surface area contributed by atoms with Crippen LogP contribution in [0.2, 0.25) is 0 Å². The van der Waals surface area contributed by atoms with E-state index in [1.165, 1.54) is 14.2 Å². The molecule has 2 amide bonds. The van der Waals surface area contributed by atoms with Crippen LogP contribution in [-0.2, 0) is 0 Å². The predicted octanol–water partition coefficient (Wildman–Crippen LogP) is 2.71. The van der Waals surface area contributed by atoms with Crippen molar-refractivity contribution in [2.75, 3.05) is 26.1 Å². The Bertz CT molecular complexity index is 744. The van der Waals surface area contributed by atoms with Gasteiger partial charge >= 0.3 is 0 Å². The van der Waals surface area contributed by atoms with E-state index in [-0.39, 0.29) is 11.8 Å². The van der Waals surface area contributed by atoms with Crippen LogP contribution < -0.4 is 20.1 Å². The molecule has 2 rings (SSSR count). The summed E-state index contributed by atoms with van der Waals surface area (Å²) in [6.07, 6.45) is 0. The fraction of sp³-hybridized carbons (Fsp3) is 0.222. The highest BCUT2D eigenvalue weighted by molar-refractivity contribution is 6.07. The normalized spacial score (nSPS) is 9.96. The van der Waals surface area contributed by atoms with Gasteiger partial charge in [-0.2, -0.15) is 0 Å². The lowest BCUT2D eigenvalue weighted by atomic mass is 10.1. The molecule has 0 aliphatic rings. The van der Waals surface area contributed by atoms with Crippen LogP contribution in [0.25, 0.3) is 0 Å². The van der Waals surface area contributed by atoms with Gasteiger partial charge in [-0.05, 0) is 37.3 Å². The molecular formula is C18H20N2O4. The number of ether oxygens (including phenoxy) is 2. The first-order chi connectivity index (χ1) is 11.6.